The summed E-state index contributed by atoms with van der Waals surface area (Å²) in [6.45, 7) is 4.53. The lowest BCUT2D eigenvalue weighted by Gasteiger charge is -2.32. The maximum Gasteiger partial charge on any atom is 0.292 e. The number of nitro benzene ring substituents is 1. The first-order valence-electron chi connectivity index (χ1n) is 10.3. The predicted octanol–water partition coefficient (Wildman–Crippen LogP) is 3.96. The molecule has 1 saturated heterocycles. The fraction of sp³-hybridized carbons (Fsp3) is 0.273. The van der Waals surface area contributed by atoms with E-state index in [1.807, 2.05) is 0 Å². The van der Waals surface area contributed by atoms with Gasteiger partial charge < -0.3 is 16.0 Å². The summed E-state index contributed by atoms with van der Waals surface area (Å²) >= 11 is 7.32. The summed E-state index contributed by atoms with van der Waals surface area (Å²) < 4.78 is 0. The van der Waals surface area contributed by atoms with Gasteiger partial charge in [0.05, 0.1) is 15.6 Å². The third-order valence-electron chi connectivity index (χ3n) is 5.48. The van der Waals surface area contributed by atoms with E-state index in [1.165, 1.54) is 6.07 Å². The van der Waals surface area contributed by atoms with Crippen molar-refractivity contribution >= 4 is 45.4 Å². The number of hydrogen-bond acceptors (Lipinski definition) is 8. The van der Waals surface area contributed by atoms with Crippen molar-refractivity contribution in [2.75, 3.05) is 38.5 Å². The smallest absolute Gasteiger partial charge is 0.292 e. The van der Waals surface area contributed by atoms with Crippen molar-refractivity contribution in [3.05, 3.63) is 68.0 Å². The van der Waals surface area contributed by atoms with E-state index < -0.39 is 10.8 Å². The first-order chi connectivity index (χ1) is 15.8. The molecule has 2 aromatic carbocycles. The Morgan fingerprint density at radius 3 is 2.64 bits per heavy atom. The number of aromatic nitrogens is 1. The summed E-state index contributed by atoms with van der Waals surface area (Å²) in [6, 6.07) is 12.0. The molecule has 3 N–H and O–H groups in total. The molecule has 1 amide bonds. The summed E-state index contributed by atoms with van der Waals surface area (Å²) in [7, 11) is 2.09. The molecule has 0 radical (unpaired) electrons. The van der Waals surface area contributed by atoms with Gasteiger partial charge in [-0.05, 0) is 24.7 Å². The Labute approximate surface area is 199 Å². The van der Waals surface area contributed by atoms with Crippen molar-refractivity contribution in [2.45, 2.75) is 6.54 Å². The summed E-state index contributed by atoms with van der Waals surface area (Å²) in [5, 5.41) is 15.4. The number of benzene rings is 2. The molecule has 1 aliphatic rings. The Morgan fingerprint density at radius 1 is 1.24 bits per heavy atom. The van der Waals surface area contributed by atoms with Crippen molar-refractivity contribution in [1.82, 2.24) is 14.8 Å². The molecule has 1 aliphatic heterocycles. The van der Waals surface area contributed by atoms with E-state index in [1.54, 1.807) is 36.4 Å². The third-order valence-corrected chi connectivity index (χ3v) is 6.80. The van der Waals surface area contributed by atoms with E-state index in [0.717, 1.165) is 43.1 Å². The quantitative estimate of drug-likeness (QED) is 0.383. The number of nitrogens with zero attached hydrogens (tertiary/aromatic N) is 4. The van der Waals surface area contributed by atoms with Gasteiger partial charge in [-0.1, -0.05) is 47.2 Å². The van der Waals surface area contributed by atoms with E-state index >= 15 is 0 Å². The highest BCUT2D eigenvalue weighted by Crippen LogP contribution is 2.37. The highest BCUT2D eigenvalue weighted by Gasteiger charge is 2.22. The topological polar surface area (TPSA) is 118 Å². The van der Waals surface area contributed by atoms with Crippen LogP contribution < -0.4 is 11.1 Å². The molecule has 11 heteroatoms. The minimum absolute atomic E-state index is 0.0766. The van der Waals surface area contributed by atoms with Crippen molar-refractivity contribution in [1.29, 1.82) is 0 Å². The van der Waals surface area contributed by atoms with Crippen LogP contribution in [0.5, 0.6) is 0 Å². The fourth-order valence-corrected chi connectivity index (χ4v) is 4.77. The number of anilines is 2. The highest BCUT2D eigenvalue weighted by atomic mass is 35.5. The molecule has 172 valence electrons. The first kappa shape index (κ1) is 23.1. The number of hydrogen-bond donors (Lipinski definition) is 2. The van der Waals surface area contributed by atoms with Crippen LogP contribution in [0.1, 0.15) is 15.2 Å². The Morgan fingerprint density at radius 2 is 1.97 bits per heavy atom. The minimum atomic E-state index is -0.645. The largest absolute Gasteiger partial charge is 0.365 e. The molecule has 9 nitrogen and oxygen atoms in total. The number of rotatable bonds is 7. The number of amides is 1. The van der Waals surface area contributed by atoms with E-state index in [0.29, 0.717) is 33.6 Å². The summed E-state index contributed by atoms with van der Waals surface area (Å²) in [4.78, 5) is 32.5. The van der Waals surface area contributed by atoms with Crippen molar-refractivity contribution in [3.63, 3.8) is 0 Å². The third kappa shape index (κ3) is 5.31. The lowest BCUT2D eigenvalue weighted by molar-refractivity contribution is -0.383. The van der Waals surface area contributed by atoms with Gasteiger partial charge in [0.25, 0.3) is 11.6 Å². The molecule has 2 heterocycles. The minimum Gasteiger partial charge on any atom is -0.365 e. The maximum atomic E-state index is 12.1. The van der Waals surface area contributed by atoms with Gasteiger partial charge in [0, 0.05) is 44.4 Å². The van der Waals surface area contributed by atoms with Crippen LogP contribution >= 0.6 is 22.9 Å². The molecule has 4 rings (SSSR count). The van der Waals surface area contributed by atoms with E-state index in [-0.39, 0.29) is 10.6 Å². The molecular formula is C22H23ClN6O3S. The van der Waals surface area contributed by atoms with Crippen LogP contribution in [0.15, 0.2) is 42.5 Å². The summed E-state index contributed by atoms with van der Waals surface area (Å²) in [6.07, 6.45) is 0. The van der Waals surface area contributed by atoms with Gasteiger partial charge in [-0.2, -0.15) is 0 Å². The Bertz CT molecular complexity index is 1190. The standard InChI is InChI=1S/C22H23ClN6O3S/c1-27-8-10-28(11-9-27)13-14-6-7-18(29(31)32)17(12-14)25-22-26-19(20(33-22)21(24)30)15-4-2-3-5-16(15)23/h2-7,12H,8-11,13H2,1H3,(H2,24,30)(H,25,26). The zero-order valence-electron chi connectivity index (χ0n) is 18.0. The van der Waals surface area contributed by atoms with Crippen molar-refractivity contribution < 1.29 is 9.72 Å². The van der Waals surface area contributed by atoms with Crippen LogP contribution in [0.3, 0.4) is 0 Å². The van der Waals surface area contributed by atoms with E-state index in [4.69, 9.17) is 17.3 Å². The van der Waals surface area contributed by atoms with Gasteiger partial charge >= 0.3 is 0 Å². The van der Waals surface area contributed by atoms with Gasteiger partial charge in [0.1, 0.15) is 10.6 Å². The maximum absolute atomic E-state index is 12.1. The number of nitrogens with one attached hydrogen (secondary N) is 1. The lowest BCUT2D eigenvalue weighted by Crippen LogP contribution is -2.43. The SMILES string of the molecule is CN1CCN(Cc2ccc([N+](=O)[O-])c(Nc3nc(-c4ccccc4Cl)c(C(N)=O)s3)c2)CC1. The second-order valence-corrected chi connectivity index (χ2v) is 9.26. The molecule has 0 aliphatic carbocycles. The summed E-state index contributed by atoms with van der Waals surface area (Å²) in [5.41, 5.74) is 7.66. The molecule has 33 heavy (non-hydrogen) atoms. The fourth-order valence-electron chi connectivity index (χ4n) is 3.70. The first-order valence-corrected chi connectivity index (χ1v) is 11.5. The number of halogens is 1. The van der Waals surface area contributed by atoms with Gasteiger partial charge in [-0.15, -0.1) is 0 Å². The van der Waals surface area contributed by atoms with Crippen LogP contribution in [0.4, 0.5) is 16.5 Å². The Kier molecular flexibility index (Phi) is 6.89. The molecule has 0 saturated carbocycles. The zero-order valence-corrected chi connectivity index (χ0v) is 19.5. The molecular weight excluding hydrogens is 464 g/mol. The van der Waals surface area contributed by atoms with E-state index in [9.17, 15) is 14.9 Å². The van der Waals surface area contributed by atoms with Crippen LogP contribution in [-0.2, 0) is 6.54 Å². The van der Waals surface area contributed by atoms with Crippen LogP contribution in [-0.4, -0.2) is 58.8 Å². The number of thiazole rings is 1. The molecule has 3 aromatic rings. The average molecular weight is 487 g/mol. The number of carbonyl (C=O) groups excluding carboxylic acids is 1. The number of nitrogens with two attached hydrogens (primary N) is 1. The lowest BCUT2D eigenvalue weighted by atomic mass is 10.1. The van der Waals surface area contributed by atoms with Crippen molar-refractivity contribution in [2.24, 2.45) is 5.73 Å². The highest BCUT2D eigenvalue weighted by molar-refractivity contribution is 7.18. The molecule has 1 aromatic heterocycles. The molecule has 0 atom stereocenters. The second kappa shape index (κ2) is 9.84. The molecule has 0 spiro atoms. The zero-order chi connectivity index (χ0) is 23.5. The van der Waals surface area contributed by atoms with Crippen LogP contribution in [0, 0.1) is 10.1 Å². The number of nitro groups is 1. The molecule has 0 bridgehead atoms. The van der Waals surface area contributed by atoms with Gasteiger partial charge in [-0.25, -0.2) is 4.98 Å². The average Bonchev–Trinajstić information content (AvgIpc) is 3.19. The van der Waals surface area contributed by atoms with Gasteiger partial charge in [0.2, 0.25) is 0 Å². The van der Waals surface area contributed by atoms with Gasteiger partial charge in [0.15, 0.2) is 5.13 Å². The molecule has 1 fully saturated rings. The number of piperazine rings is 1. The van der Waals surface area contributed by atoms with E-state index in [2.05, 4.69) is 27.1 Å². The second-order valence-electron chi connectivity index (χ2n) is 7.85. The number of carbonyl (C=O) groups is 1. The number of likely N-dealkylation sites (N-methyl/N-ethyl adjacent to an activating group) is 1. The van der Waals surface area contributed by atoms with Crippen LogP contribution in [0.25, 0.3) is 11.3 Å². The number of primary amides is 1. The normalized spacial score (nSPS) is 14.8. The Hall–Kier alpha value is -3.05. The predicted molar refractivity (Wildman–Crippen MR) is 130 cm³/mol. The Balaban J connectivity index is 1.65. The molecule has 0 unspecified atom stereocenters. The van der Waals surface area contributed by atoms with Gasteiger partial charge in [-0.3, -0.25) is 19.8 Å². The monoisotopic (exact) mass is 486 g/mol. The summed E-state index contributed by atoms with van der Waals surface area (Å²) in [5.74, 6) is -0.645. The van der Waals surface area contributed by atoms with Crippen molar-refractivity contribution in [3.8, 4) is 11.3 Å². The van der Waals surface area contributed by atoms with Crippen LogP contribution in [0.2, 0.25) is 5.02 Å².